The average Bonchev–Trinajstić information content (AvgIpc) is 3.99. The molecule has 0 bridgehead atoms. The Balaban J connectivity index is 1.24. The molecule has 2 saturated carbocycles. The van der Waals surface area contributed by atoms with E-state index in [9.17, 15) is 0 Å². The average molecular weight is 1100 g/mol. The van der Waals surface area contributed by atoms with E-state index in [1.54, 1.807) is 22.3 Å². The van der Waals surface area contributed by atoms with E-state index in [2.05, 4.69) is 230 Å². The molecule has 0 nitrogen and oxygen atoms in total. The summed E-state index contributed by atoms with van der Waals surface area (Å²) >= 11 is -2.76. The second-order valence-corrected chi connectivity index (χ2v) is 48.7. The standard InChI is InChI=1S/2C36H43.C2H7Si.Zr/c2*1-35(2,3)29-16-12-27(13-17-29)31-20-21-32(28-14-18-30(19-15-28)36(4,5)6)34-24-26(23-33(31)34)22-25-10-8-7-9-11-25;1-3-2;/h2*12-21,23-25H,7-11,22H2,1-6H3;3H,1-2H3;. The van der Waals surface area contributed by atoms with Crippen molar-refractivity contribution >= 4 is 18.1 Å². The number of allylic oxidation sites excluding steroid dienone is 2. The molecule has 0 heterocycles. The first-order valence-corrected chi connectivity index (χ1v) is 40.1. The second kappa shape index (κ2) is 21.9. The molecular weight excluding hydrogens is 1010 g/mol. The molecule has 0 N–H and O–H groups in total. The molecule has 0 amide bonds. The van der Waals surface area contributed by atoms with Gasteiger partial charge >= 0.3 is 474 Å². The van der Waals surface area contributed by atoms with E-state index in [4.69, 9.17) is 0 Å². The Labute approximate surface area is 471 Å². The summed E-state index contributed by atoms with van der Waals surface area (Å²) in [5.41, 5.74) is 27.6. The normalized spacial score (nSPS) is 18.7. The van der Waals surface area contributed by atoms with Crippen molar-refractivity contribution in [2.45, 2.75) is 202 Å². The van der Waals surface area contributed by atoms with Crippen LogP contribution in [0.2, 0.25) is 13.1 Å². The van der Waals surface area contributed by atoms with Gasteiger partial charge in [0.2, 0.25) is 0 Å². The summed E-state index contributed by atoms with van der Waals surface area (Å²) in [5.74, 6) is 0.235. The van der Waals surface area contributed by atoms with Gasteiger partial charge in [-0.2, -0.15) is 0 Å². The van der Waals surface area contributed by atoms with Crippen LogP contribution < -0.4 is 0 Å². The second-order valence-electron chi connectivity index (χ2n) is 28.7. The predicted octanol–water partition coefficient (Wildman–Crippen LogP) is 21.7. The molecular formula is C74H93SiZr. The van der Waals surface area contributed by atoms with Crippen LogP contribution in [-0.4, -0.2) is 5.92 Å². The Kier molecular flexibility index (Phi) is 15.9. The Bertz CT molecular complexity index is 2860. The summed E-state index contributed by atoms with van der Waals surface area (Å²) in [6.07, 6.45) is 22.1. The summed E-state index contributed by atoms with van der Waals surface area (Å²) in [6, 6.07) is 49.5. The van der Waals surface area contributed by atoms with Gasteiger partial charge in [-0.05, 0) is 0 Å². The monoisotopic (exact) mass is 1100 g/mol. The van der Waals surface area contributed by atoms with Crippen LogP contribution >= 0.6 is 0 Å². The summed E-state index contributed by atoms with van der Waals surface area (Å²) < 4.78 is 1.04. The van der Waals surface area contributed by atoms with Crippen LogP contribution in [0.1, 0.15) is 212 Å². The van der Waals surface area contributed by atoms with E-state index in [0.29, 0.717) is 7.25 Å². The fourth-order valence-electron chi connectivity index (χ4n) is 14.1. The van der Waals surface area contributed by atoms with E-state index in [1.807, 2.05) is 11.1 Å². The number of hydrogen-bond acceptors (Lipinski definition) is 0. The van der Waals surface area contributed by atoms with Crippen LogP contribution in [0.5, 0.6) is 0 Å². The Morgan fingerprint density at radius 1 is 0.355 bits per heavy atom. The molecule has 2 fully saturated rings. The van der Waals surface area contributed by atoms with Gasteiger partial charge in [-0.1, -0.05) is 0 Å². The van der Waals surface area contributed by atoms with E-state index in [-0.39, 0.29) is 21.7 Å². The van der Waals surface area contributed by atoms with Crippen LogP contribution in [0.15, 0.2) is 132 Å². The molecule has 397 valence electrons. The molecule has 6 aromatic carbocycles. The third-order valence-corrected chi connectivity index (χ3v) is 40.3. The van der Waals surface area contributed by atoms with Crippen molar-refractivity contribution in [3.63, 3.8) is 0 Å². The van der Waals surface area contributed by atoms with Gasteiger partial charge in [-0.15, -0.1) is 0 Å². The zero-order chi connectivity index (χ0) is 53.9. The summed E-state index contributed by atoms with van der Waals surface area (Å²) in [4.78, 5) is 0. The molecule has 4 aliphatic rings. The number of benzene rings is 6. The maximum absolute atomic E-state index is 2.85. The zero-order valence-electron chi connectivity index (χ0n) is 49.6. The fourth-order valence-corrected chi connectivity index (χ4v) is 36.9. The maximum atomic E-state index is 2.85. The quantitative estimate of drug-likeness (QED) is 0.113. The van der Waals surface area contributed by atoms with E-state index < -0.39 is 26.8 Å². The minimum absolute atomic E-state index is 0.0973. The van der Waals surface area contributed by atoms with Gasteiger partial charge in [0.25, 0.3) is 0 Å². The van der Waals surface area contributed by atoms with Crippen LogP contribution in [0, 0.1) is 11.8 Å². The molecule has 76 heavy (non-hydrogen) atoms. The van der Waals surface area contributed by atoms with Crippen molar-refractivity contribution in [1.82, 2.24) is 0 Å². The van der Waals surface area contributed by atoms with Gasteiger partial charge < -0.3 is 0 Å². The Hall–Kier alpha value is -4.10. The molecule has 2 heteroatoms. The van der Waals surface area contributed by atoms with Crippen molar-refractivity contribution in [2.75, 3.05) is 0 Å². The van der Waals surface area contributed by atoms with E-state index >= 15 is 0 Å². The molecule has 2 atom stereocenters. The SMILES string of the molecule is C[SiH](C)[Zr]([CH]1C(CC2CCCCC2)=Cc2c(-c3ccc(C(C)(C)C)cc3)ccc(-c3ccc(C(C)(C)C)cc3)c21)[CH]1C(CC2CCCCC2)=Cc2c(-c3ccc(C(C)(C)C)cc3)ccc(-c3ccc(C(C)(C)C)cc3)c21. The first-order chi connectivity index (χ1) is 36.0. The summed E-state index contributed by atoms with van der Waals surface area (Å²) in [7, 11) is 0. The van der Waals surface area contributed by atoms with Crippen LogP contribution in [0.25, 0.3) is 56.7 Å². The van der Waals surface area contributed by atoms with Gasteiger partial charge in [0.1, 0.15) is 0 Å². The summed E-state index contributed by atoms with van der Waals surface area (Å²) in [5, 5.41) is 0. The van der Waals surface area contributed by atoms with Crippen LogP contribution in [0.3, 0.4) is 0 Å². The summed E-state index contributed by atoms with van der Waals surface area (Å²) in [6.45, 7) is 33.9. The zero-order valence-corrected chi connectivity index (χ0v) is 53.2. The van der Waals surface area contributed by atoms with Crippen LogP contribution in [-0.2, 0) is 42.6 Å². The van der Waals surface area contributed by atoms with E-state index in [0.717, 1.165) is 11.8 Å². The molecule has 0 aliphatic heterocycles. The molecule has 4 aliphatic carbocycles. The first-order valence-electron chi connectivity index (χ1n) is 30.1. The van der Waals surface area contributed by atoms with Crippen molar-refractivity contribution in [3.8, 4) is 44.5 Å². The van der Waals surface area contributed by atoms with Gasteiger partial charge in [0.15, 0.2) is 0 Å². The topological polar surface area (TPSA) is 0 Å². The van der Waals surface area contributed by atoms with Gasteiger partial charge in [0, 0.05) is 0 Å². The molecule has 6 aromatic rings. The molecule has 0 radical (unpaired) electrons. The van der Waals surface area contributed by atoms with Gasteiger partial charge in [0.05, 0.1) is 0 Å². The van der Waals surface area contributed by atoms with Gasteiger partial charge in [-0.25, -0.2) is 0 Å². The molecule has 0 spiro atoms. The van der Waals surface area contributed by atoms with Crippen molar-refractivity contribution in [1.29, 1.82) is 0 Å². The molecule has 10 rings (SSSR count). The molecule has 0 aromatic heterocycles. The molecule has 2 unspecified atom stereocenters. The van der Waals surface area contributed by atoms with Crippen molar-refractivity contribution < 1.29 is 20.9 Å². The number of fused-ring (bicyclic) bond motifs is 2. The van der Waals surface area contributed by atoms with Gasteiger partial charge in [-0.3, -0.25) is 0 Å². The van der Waals surface area contributed by atoms with E-state index in [1.165, 1.54) is 144 Å². The number of rotatable bonds is 11. The van der Waals surface area contributed by atoms with Crippen LogP contribution in [0.4, 0.5) is 0 Å². The van der Waals surface area contributed by atoms with Crippen molar-refractivity contribution in [3.05, 3.63) is 177 Å². The first kappa shape index (κ1) is 55.2. The number of hydrogen-bond donors (Lipinski definition) is 0. The third kappa shape index (κ3) is 11.5. The molecule has 0 saturated heterocycles. The Morgan fingerprint density at radius 2 is 0.618 bits per heavy atom. The third-order valence-electron chi connectivity index (χ3n) is 18.6. The fraction of sp³-hybridized carbons (Fsp3) is 0.459. The van der Waals surface area contributed by atoms with Crippen molar-refractivity contribution in [2.24, 2.45) is 11.8 Å². The Morgan fingerprint density at radius 3 is 0.882 bits per heavy atom. The predicted molar refractivity (Wildman–Crippen MR) is 332 cm³/mol. The minimum atomic E-state index is -2.76.